The summed E-state index contributed by atoms with van der Waals surface area (Å²) < 4.78 is 10.7. The van der Waals surface area contributed by atoms with Crippen LogP contribution in [0.1, 0.15) is 39.0 Å². The molecule has 1 aliphatic rings. The lowest BCUT2D eigenvalue weighted by atomic mass is 9.97. The molecule has 1 saturated heterocycles. The lowest BCUT2D eigenvalue weighted by Gasteiger charge is -2.38. The number of piperidine rings is 1. The van der Waals surface area contributed by atoms with Crippen molar-refractivity contribution in [1.82, 2.24) is 0 Å². The highest BCUT2D eigenvalue weighted by Crippen LogP contribution is 2.39. The number of nitrogens with zero attached hydrogens (tertiary/aromatic N) is 1. The molecule has 0 aliphatic carbocycles. The molecule has 1 aromatic rings. The van der Waals surface area contributed by atoms with E-state index < -0.39 is 0 Å². The van der Waals surface area contributed by atoms with Crippen molar-refractivity contribution < 1.29 is 9.47 Å². The zero-order valence-electron chi connectivity index (χ0n) is 12.8. The van der Waals surface area contributed by atoms with Gasteiger partial charge in [-0.05, 0) is 25.7 Å². The molecule has 2 N–H and O–H groups in total. The van der Waals surface area contributed by atoms with Crippen molar-refractivity contribution in [3.63, 3.8) is 0 Å². The summed E-state index contributed by atoms with van der Waals surface area (Å²) in [4.78, 5) is 2.45. The standard InChI is InChI=1S/C16H26N2O2/c1-4-7-12-8-5-6-9-18(12)14-11-16(20-3)15(19-2)10-13(14)17/h10-12H,4-9,17H2,1-3H3. The van der Waals surface area contributed by atoms with Gasteiger partial charge in [0.1, 0.15) is 0 Å². The Bertz CT molecular complexity index is 446. The average Bonchev–Trinajstić information content (AvgIpc) is 2.48. The van der Waals surface area contributed by atoms with Gasteiger partial charge in [0, 0.05) is 24.7 Å². The van der Waals surface area contributed by atoms with Crippen molar-refractivity contribution in [3.8, 4) is 11.5 Å². The SMILES string of the molecule is CCCC1CCCCN1c1cc(OC)c(OC)cc1N. The Morgan fingerprint density at radius 1 is 1.20 bits per heavy atom. The average molecular weight is 278 g/mol. The third kappa shape index (κ3) is 2.94. The monoisotopic (exact) mass is 278 g/mol. The molecule has 1 unspecified atom stereocenters. The zero-order chi connectivity index (χ0) is 14.5. The van der Waals surface area contributed by atoms with E-state index in [1.54, 1.807) is 14.2 Å². The highest BCUT2D eigenvalue weighted by atomic mass is 16.5. The van der Waals surface area contributed by atoms with Gasteiger partial charge in [-0.2, -0.15) is 0 Å². The van der Waals surface area contributed by atoms with Gasteiger partial charge in [-0.1, -0.05) is 13.3 Å². The summed E-state index contributed by atoms with van der Waals surface area (Å²) in [7, 11) is 3.30. The van der Waals surface area contributed by atoms with E-state index in [1.807, 2.05) is 12.1 Å². The highest BCUT2D eigenvalue weighted by molar-refractivity contribution is 5.73. The van der Waals surface area contributed by atoms with Gasteiger partial charge < -0.3 is 20.1 Å². The Kier molecular flexibility index (Phi) is 4.99. The maximum Gasteiger partial charge on any atom is 0.162 e. The molecule has 4 heteroatoms. The van der Waals surface area contributed by atoms with E-state index in [9.17, 15) is 0 Å². The normalized spacial score (nSPS) is 18.9. The Morgan fingerprint density at radius 3 is 2.55 bits per heavy atom. The largest absolute Gasteiger partial charge is 0.493 e. The molecule has 112 valence electrons. The third-order valence-corrected chi connectivity index (χ3v) is 4.09. The van der Waals surface area contributed by atoms with E-state index in [-0.39, 0.29) is 0 Å². The van der Waals surface area contributed by atoms with Crippen LogP contribution < -0.4 is 20.1 Å². The minimum Gasteiger partial charge on any atom is -0.493 e. The Labute approximate surface area is 121 Å². The first-order valence-electron chi connectivity index (χ1n) is 7.49. The number of hydrogen-bond acceptors (Lipinski definition) is 4. The second-order valence-corrected chi connectivity index (χ2v) is 5.40. The molecule has 0 radical (unpaired) electrons. The van der Waals surface area contributed by atoms with Crippen molar-refractivity contribution in [2.45, 2.75) is 45.1 Å². The van der Waals surface area contributed by atoms with Crippen LogP contribution in [0.4, 0.5) is 11.4 Å². The molecule has 1 aromatic carbocycles. The van der Waals surface area contributed by atoms with Gasteiger partial charge in [0.15, 0.2) is 11.5 Å². The number of rotatable bonds is 5. The van der Waals surface area contributed by atoms with Crippen LogP contribution in [0.15, 0.2) is 12.1 Å². The van der Waals surface area contributed by atoms with Crippen LogP contribution >= 0.6 is 0 Å². The summed E-state index contributed by atoms with van der Waals surface area (Å²) in [5.41, 5.74) is 8.09. The molecular weight excluding hydrogens is 252 g/mol. The molecule has 20 heavy (non-hydrogen) atoms. The number of benzene rings is 1. The number of anilines is 2. The van der Waals surface area contributed by atoms with Crippen molar-refractivity contribution in [2.75, 3.05) is 31.4 Å². The summed E-state index contributed by atoms with van der Waals surface area (Å²) in [6.45, 7) is 3.31. The van der Waals surface area contributed by atoms with Crippen molar-refractivity contribution >= 4 is 11.4 Å². The molecule has 0 amide bonds. The molecule has 1 aliphatic heterocycles. The molecule has 2 rings (SSSR count). The van der Waals surface area contributed by atoms with Crippen molar-refractivity contribution in [3.05, 3.63) is 12.1 Å². The predicted octanol–water partition coefficient (Wildman–Crippen LogP) is 3.45. The van der Waals surface area contributed by atoms with Crippen LogP contribution in [-0.4, -0.2) is 26.8 Å². The highest BCUT2D eigenvalue weighted by Gasteiger charge is 2.24. The minimum atomic E-state index is 0.592. The zero-order valence-corrected chi connectivity index (χ0v) is 12.8. The molecule has 0 saturated carbocycles. The number of ether oxygens (including phenoxy) is 2. The Balaban J connectivity index is 2.34. The second-order valence-electron chi connectivity index (χ2n) is 5.40. The van der Waals surface area contributed by atoms with Gasteiger partial charge in [0.05, 0.1) is 25.6 Å². The lowest BCUT2D eigenvalue weighted by molar-refractivity contribution is 0.354. The van der Waals surface area contributed by atoms with E-state index >= 15 is 0 Å². The first kappa shape index (κ1) is 14.8. The number of hydrogen-bond donors (Lipinski definition) is 1. The summed E-state index contributed by atoms with van der Waals surface area (Å²) >= 11 is 0. The topological polar surface area (TPSA) is 47.7 Å². The molecule has 1 heterocycles. The van der Waals surface area contributed by atoms with Crippen molar-refractivity contribution in [2.24, 2.45) is 0 Å². The predicted molar refractivity (Wildman–Crippen MR) is 83.9 cm³/mol. The van der Waals surface area contributed by atoms with Crippen LogP contribution in [0, 0.1) is 0 Å². The van der Waals surface area contributed by atoms with Crippen LogP contribution in [-0.2, 0) is 0 Å². The van der Waals surface area contributed by atoms with Crippen molar-refractivity contribution in [1.29, 1.82) is 0 Å². The summed E-state index contributed by atoms with van der Waals surface area (Å²) in [5, 5.41) is 0. The van der Waals surface area contributed by atoms with Gasteiger partial charge in [0.2, 0.25) is 0 Å². The van der Waals surface area contributed by atoms with E-state index in [0.29, 0.717) is 11.8 Å². The van der Waals surface area contributed by atoms with Gasteiger partial charge in [0.25, 0.3) is 0 Å². The number of nitrogen functional groups attached to an aromatic ring is 1. The van der Waals surface area contributed by atoms with Crippen LogP contribution in [0.3, 0.4) is 0 Å². The van der Waals surface area contributed by atoms with Crippen LogP contribution in [0.25, 0.3) is 0 Å². The fraction of sp³-hybridized carbons (Fsp3) is 0.625. The molecular formula is C16H26N2O2. The maximum atomic E-state index is 6.23. The van der Waals surface area contributed by atoms with E-state index in [2.05, 4.69) is 11.8 Å². The van der Waals surface area contributed by atoms with E-state index in [1.165, 1.54) is 32.1 Å². The fourth-order valence-corrected chi connectivity index (χ4v) is 3.08. The minimum absolute atomic E-state index is 0.592. The first-order chi connectivity index (χ1) is 9.71. The molecule has 0 spiro atoms. The maximum absolute atomic E-state index is 6.23. The van der Waals surface area contributed by atoms with Crippen LogP contribution in [0.2, 0.25) is 0 Å². The summed E-state index contributed by atoms with van der Waals surface area (Å²) in [6.07, 6.45) is 6.21. The van der Waals surface area contributed by atoms with E-state index in [4.69, 9.17) is 15.2 Å². The fourth-order valence-electron chi connectivity index (χ4n) is 3.08. The van der Waals surface area contributed by atoms with Gasteiger partial charge in [-0.25, -0.2) is 0 Å². The van der Waals surface area contributed by atoms with Crippen LogP contribution in [0.5, 0.6) is 11.5 Å². The molecule has 0 bridgehead atoms. The molecule has 4 nitrogen and oxygen atoms in total. The van der Waals surface area contributed by atoms with Gasteiger partial charge >= 0.3 is 0 Å². The number of methoxy groups -OCH3 is 2. The molecule has 1 atom stereocenters. The first-order valence-corrected chi connectivity index (χ1v) is 7.49. The lowest BCUT2D eigenvalue weighted by Crippen LogP contribution is -2.39. The summed E-state index contributed by atoms with van der Waals surface area (Å²) in [6, 6.07) is 4.47. The second kappa shape index (κ2) is 6.73. The van der Waals surface area contributed by atoms with Gasteiger partial charge in [-0.15, -0.1) is 0 Å². The molecule has 0 aromatic heterocycles. The number of nitrogens with two attached hydrogens (primary N) is 1. The third-order valence-electron chi connectivity index (χ3n) is 4.09. The quantitative estimate of drug-likeness (QED) is 0.838. The smallest absolute Gasteiger partial charge is 0.162 e. The van der Waals surface area contributed by atoms with Gasteiger partial charge in [-0.3, -0.25) is 0 Å². The van der Waals surface area contributed by atoms with E-state index in [0.717, 1.165) is 23.7 Å². The summed E-state index contributed by atoms with van der Waals surface area (Å²) in [5.74, 6) is 1.44. The Hall–Kier alpha value is -1.58. The molecule has 1 fully saturated rings. The Morgan fingerprint density at radius 2 is 1.90 bits per heavy atom.